The highest BCUT2D eigenvalue weighted by molar-refractivity contribution is 5.87. The van der Waals surface area contributed by atoms with Gasteiger partial charge in [-0.05, 0) is 50.2 Å². The summed E-state index contributed by atoms with van der Waals surface area (Å²) in [6.07, 6.45) is 2.10. The molecule has 0 atom stereocenters. The molecule has 6 nitrogen and oxygen atoms in total. The SMILES string of the molecule is COc1cccc2cc(-c3nnn4c3C(C)(C)c3cccn3-c3ccccc3-4)oc12. The van der Waals surface area contributed by atoms with E-state index in [0.717, 1.165) is 28.1 Å². The molecule has 6 rings (SSSR count). The van der Waals surface area contributed by atoms with Gasteiger partial charge in [-0.2, -0.15) is 0 Å². The van der Waals surface area contributed by atoms with E-state index in [-0.39, 0.29) is 5.41 Å². The fourth-order valence-electron chi connectivity index (χ4n) is 4.56. The van der Waals surface area contributed by atoms with Gasteiger partial charge in [0.1, 0.15) is 0 Å². The largest absolute Gasteiger partial charge is 0.493 e. The van der Waals surface area contributed by atoms with E-state index < -0.39 is 0 Å². The Labute approximate surface area is 173 Å². The summed E-state index contributed by atoms with van der Waals surface area (Å²) in [5.41, 5.74) is 5.32. The summed E-state index contributed by atoms with van der Waals surface area (Å²) in [7, 11) is 1.65. The maximum atomic E-state index is 6.24. The molecular formula is C24H20N4O2. The Balaban J connectivity index is 1.67. The second kappa shape index (κ2) is 5.86. The lowest BCUT2D eigenvalue weighted by molar-refractivity contribution is 0.411. The zero-order valence-electron chi connectivity index (χ0n) is 17.0. The number of hydrogen-bond donors (Lipinski definition) is 0. The first-order valence-corrected chi connectivity index (χ1v) is 9.90. The maximum absolute atomic E-state index is 6.24. The molecule has 2 aromatic carbocycles. The molecule has 6 heteroatoms. The Morgan fingerprint density at radius 2 is 1.80 bits per heavy atom. The van der Waals surface area contributed by atoms with Crippen LogP contribution in [0.5, 0.6) is 5.75 Å². The molecule has 4 heterocycles. The van der Waals surface area contributed by atoms with Crippen molar-refractivity contribution in [1.82, 2.24) is 19.6 Å². The molecule has 0 N–H and O–H groups in total. The lowest BCUT2D eigenvalue weighted by Crippen LogP contribution is -2.24. The van der Waals surface area contributed by atoms with Gasteiger partial charge in [-0.15, -0.1) is 5.10 Å². The summed E-state index contributed by atoms with van der Waals surface area (Å²) in [5.74, 6) is 1.39. The second-order valence-electron chi connectivity index (χ2n) is 8.06. The fraction of sp³-hybridized carbons (Fsp3) is 0.167. The van der Waals surface area contributed by atoms with Crippen molar-refractivity contribution in [3.63, 3.8) is 0 Å². The summed E-state index contributed by atoms with van der Waals surface area (Å²) in [6, 6.07) is 20.4. The minimum absolute atomic E-state index is 0.357. The molecular weight excluding hydrogens is 376 g/mol. The summed E-state index contributed by atoms with van der Waals surface area (Å²) >= 11 is 0. The second-order valence-corrected chi connectivity index (χ2v) is 8.06. The number of aromatic nitrogens is 4. The van der Waals surface area contributed by atoms with Crippen molar-refractivity contribution in [3.8, 4) is 28.6 Å². The first-order valence-electron chi connectivity index (χ1n) is 9.90. The molecule has 0 saturated carbocycles. The van der Waals surface area contributed by atoms with Crippen LogP contribution in [0.25, 0.3) is 33.8 Å². The standard InChI is InChI=1S/C24H20N4O2/c1-24(2)20-12-7-13-27(20)16-9-4-5-10-17(16)28-23(24)21(25-26-28)19-14-15-8-6-11-18(29-3)22(15)30-19/h4-14H,1-3H3. The highest BCUT2D eigenvalue weighted by Gasteiger charge is 2.38. The first kappa shape index (κ1) is 17.1. The molecule has 0 amide bonds. The number of rotatable bonds is 2. The number of benzene rings is 2. The van der Waals surface area contributed by atoms with Crippen LogP contribution < -0.4 is 4.74 Å². The zero-order chi connectivity index (χ0) is 20.5. The molecule has 0 saturated heterocycles. The smallest absolute Gasteiger partial charge is 0.176 e. The van der Waals surface area contributed by atoms with E-state index in [1.807, 2.05) is 41.1 Å². The Bertz CT molecular complexity index is 1420. The molecule has 3 aromatic heterocycles. The Morgan fingerprint density at radius 3 is 2.63 bits per heavy atom. The van der Waals surface area contributed by atoms with Gasteiger partial charge in [-0.3, -0.25) is 0 Å². The van der Waals surface area contributed by atoms with Crippen LogP contribution in [0.3, 0.4) is 0 Å². The predicted octanol–water partition coefficient (Wildman–Crippen LogP) is 5.12. The number of furan rings is 1. The van der Waals surface area contributed by atoms with Gasteiger partial charge in [-0.25, -0.2) is 4.68 Å². The quantitative estimate of drug-likeness (QED) is 0.416. The molecule has 30 heavy (non-hydrogen) atoms. The number of methoxy groups -OCH3 is 1. The summed E-state index contributed by atoms with van der Waals surface area (Å²) in [6.45, 7) is 4.40. The molecule has 148 valence electrons. The van der Waals surface area contributed by atoms with Gasteiger partial charge < -0.3 is 13.7 Å². The number of para-hydroxylation sites is 3. The molecule has 0 radical (unpaired) electrons. The molecule has 0 aliphatic carbocycles. The fourth-order valence-corrected chi connectivity index (χ4v) is 4.56. The molecule has 0 spiro atoms. The van der Waals surface area contributed by atoms with E-state index in [4.69, 9.17) is 9.15 Å². The van der Waals surface area contributed by atoms with Gasteiger partial charge >= 0.3 is 0 Å². The first-order chi connectivity index (χ1) is 14.6. The maximum Gasteiger partial charge on any atom is 0.176 e. The zero-order valence-corrected chi connectivity index (χ0v) is 17.0. The van der Waals surface area contributed by atoms with Crippen LogP contribution in [0.4, 0.5) is 0 Å². The van der Waals surface area contributed by atoms with Crippen molar-refractivity contribution in [2.45, 2.75) is 19.3 Å². The normalized spacial score (nSPS) is 14.1. The molecule has 1 aliphatic heterocycles. The number of hydrogen-bond acceptors (Lipinski definition) is 4. The predicted molar refractivity (Wildman–Crippen MR) is 115 cm³/mol. The van der Waals surface area contributed by atoms with Crippen LogP contribution in [0.15, 0.2) is 71.3 Å². The van der Waals surface area contributed by atoms with E-state index in [9.17, 15) is 0 Å². The molecule has 0 bridgehead atoms. The van der Waals surface area contributed by atoms with Crippen LogP contribution in [0.1, 0.15) is 25.2 Å². The highest BCUT2D eigenvalue weighted by Crippen LogP contribution is 2.44. The molecule has 1 aliphatic rings. The van der Waals surface area contributed by atoms with Crippen LogP contribution >= 0.6 is 0 Å². The Hall–Kier alpha value is -3.80. The minimum atomic E-state index is -0.357. The van der Waals surface area contributed by atoms with Crippen molar-refractivity contribution in [1.29, 1.82) is 0 Å². The summed E-state index contributed by atoms with van der Waals surface area (Å²) in [4.78, 5) is 0. The number of fused-ring (bicyclic) bond motifs is 6. The van der Waals surface area contributed by atoms with Crippen molar-refractivity contribution in [2.24, 2.45) is 0 Å². The van der Waals surface area contributed by atoms with E-state index >= 15 is 0 Å². The third kappa shape index (κ3) is 2.13. The van der Waals surface area contributed by atoms with E-state index in [1.54, 1.807) is 7.11 Å². The van der Waals surface area contributed by atoms with E-state index in [1.165, 1.54) is 5.69 Å². The van der Waals surface area contributed by atoms with Crippen LogP contribution in [0.2, 0.25) is 0 Å². The van der Waals surface area contributed by atoms with Gasteiger partial charge in [0.15, 0.2) is 22.8 Å². The van der Waals surface area contributed by atoms with Gasteiger partial charge in [-0.1, -0.05) is 29.5 Å². The number of ether oxygens (including phenoxy) is 1. The minimum Gasteiger partial charge on any atom is -0.493 e. The average molecular weight is 396 g/mol. The monoisotopic (exact) mass is 396 g/mol. The third-order valence-electron chi connectivity index (χ3n) is 5.98. The average Bonchev–Trinajstić information content (AvgIpc) is 3.49. The topological polar surface area (TPSA) is 58.0 Å². The third-order valence-corrected chi connectivity index (χ3v) is 5.98. The highest BCUT2D eigenvalue weighted by atomic mass is 16.5. The Kier molecular flexibility index (Phi) is 3.34. The number of nitrogens with zero attached hydrogens (tertiary/aromatic N) is 4. The summed E-state index contributed by atoms with van der Waals surface area (Å²) in [5, 5.41) is 10.1. The van der Waals surface area contributed by atoms with Crippen molar-refractivity contribution < 1.29 is 9.15 Å². The van der Waals surface area contributed by atoms with Crippen molar-refractivity contribution in [3.05, 3.63) is 78.2 Å². The van der Waals surface area contributed by atoms with E-state index in [2.05, 4.69) is 59.2 Å². The van der Waals surface area contributed by atoms with Gasteiger partial charge in [0.05, 0.1) is 29.6 Å². The lowest BCUT2D eigenvalue weighted by Gasteiger charge is -2.24. The van der Waals surface area contributed by atoms with Crippen LogP contribution in [0, 0.1) is 0 Å². The van der Waals surface area contributed by atoms with Crippen molar-refractivity contribution in [2.75, 3.05) is 7.11 Å². The van der Waals surface area contributed by atoms with Crippen molar-refractivity contribution >= 4 is 11.0 Å². The molecule has 5 aromatic rings. The summed E-state index contributed by atoms with van der Waals surface area (Å²) < 4.78 is 15.9. The lowest BCUT2D eigenvalue weighted by atomic mass is 9.83. The van der Waals surface area contributed by atoms with Gasteiger partial charge in [0, 0.05) is 17.3 Å². The van der Waals surface area contributed by atoms with Gasteiger partial charge in [0.2, 0.25) is 0 Å². The van der Waals surface area contributed by atoms with E-state index in [0.29, 0.717) is 17.1 Å². The van der Waals surface area contributed by atoms with Crippen LogP contribution in [-0.4, -0.2) is 26.7 Å². The Morgan fingerprint density at radius 1 is 0.967 bits per heavy atom. The molecule has 0 fully saturated rings. The van der Waals surface area contributed by atoms with Crippen LogP contribution in [-0.2, 0) is 5.41 Å². The molecule has 0 unspecified atom stereocenters. The van der Waals surface area contributed by atoms with Gasteiger partial charge in [0.25, 0.3) is 0 Å².